The summed E-state index contributed by atoms with van der Waals surface area (Å²) < 4.78 is 0. The van der Waals surface area contributed by atoms with Crippen molar-refractivity contribution in [2.24, 2.45) is 5.92 Å². The molecular formula is C14H24N4. The highest BCUT2D eigenvalue weighted by atomic mass is 15.2. The zero-order valence-corrected chi connectivity index (χ0v) is 12.1. The summed E-state index contributed by atoms with van der Waals surface area (Å²) in [5.41, 5.74) is 1.14. The monoisotopic (exact) mass is 248 g/mol. The summed E-state index contributed by atoms with van der Waals surface area (Å²) in [7, 11) is 4.05. The third kappa shape index (κ3) is 2.74. The van der Waals surface area contributed by atoms with Crippen LogP contribution in [0, 0.1) is 12.8 Å². The normalized spacial score (nSPS) is 15.0. The summed E-state index contributed by atoms with van der Waals surface area (Å²) in [6.07, 6.45) is 2.47. The van der Waals surface area contributed by atoms with Crippen LogP contribution in [-0.4, -0.2) is 30.6 Å². The average Bonchev–Trinajstić information content (AvgIpc) is 3.12. The van der Waals surface area contributed by atoms with Crippen molar-refractivity contribution >= 4 is 11.6 Å². The lowest BCUT2D eigenvalue weighted by Gasteiger charge is -2.23. The Hall–Kier alpha value is -1.32. The second-order valence-corrected chi connectivity index (χ2v) is 5.68. The van der Waals surface area contributed by atoms with Crippen LogP contribution in [0.4, 0.5) is 11.6 Å². The van der Waals surface area contributed by atoms with Crippen molar-refractivity contribution in [1.82, 2.24) is 9.97 Å². The lowest BCUT2D eigenvalue weighted by atomic mass is 10.2. The summed E-state index contributed by atoms with van der Waals surface area (Å²) in [6, 6.07) is 0. The maximum absolute atomic E-state index is 4.77. The van der Waals surface area contributed by atoms with Gasteiger partial charge in [0, 0.05) is 32.1 Å². The van der Waals surface area contributed by atoms with Gasteiger partial charge >= 0.3 is 0 Å². The quantitative estimate of drug-likeness (QED) is 0.870. The number of anilines is 2. The summed E-state index contributed by atoms with van der Waals surface area (Å²) in [6.45, 7) is 7.57. The third-order valence-electron chi connectivity index (χ3n) is 3.32. The van der Waals surface area contributed by atoms with Crippen molar-refractivity contribution in [2.75, 3.05) is 30.9 Å². The first-order valence-electron chi connectivity index (χ1n) is 6.80. The molecule has 1 N–H and O–H groups in total. The van der Waals surface area contributed by atoms with Gasteiger partial charge in [-0.2, -0.15) is 0 Å². The first kappa shape index (κ1) is 13.1. The fraction of sp³-hybridized carbons (Fsp3) is 0.714. The highest BCUT2D eigenvalue weighted by molar-refractivity contribution is 5.58. The zero-order chi connectivity index (χ0) is 13.3. The van der Waals surface area contributed by atoms with Crippen LogP contribution in [0.2, 0.25) is 0 Å². The molecule has 0 saturated heterocycles. The van der Waals surface area contributed by atoms with Gasteiger partial charge in [0.05, 0.1) is 0 Å². The second kappa shape index (κ2) is 5.12. The lowest BCUT2D eigenvalue weighted by Crippen LogP contribution is -2.25. The van der Waals surface area contributed by atoms with E-state index in [4.69, 9.17) is 4.98 Å². The third-order valence-corrected chi connectivity index (χ3v) is 3.32. The molecule has 4 nitrogen and oxygen atoms in total. The van der Waals surface area contributed by atoms with E-state index in [1.54, 1.807) is 0 Å². The fourth-order valence-electron chi connectivity index (χ4n) is 2.30. The molecule has 100 valence electrons. The summed E-state index contributed by atoms with van der Waals surface area (Å²) in [4.78, 5) is 11.6. The highest BCUT2D eigenvalue weighted by Gasteiger charge is 2.28. The Labute approximate surface area is 110 Å². The van der Waals surface area contributed by atoms with Crippen LogP contribution in [-0.2, 0) is 0 Å². The molecular weight excluding hydrogens is 224 g/mol. The molecule has 1 aliphatic rings. The van der Waals surface area contributed by atoms with E-state index < -0.39 is 0 Å². The fourth-order valence-corrected chi connectivity index (χ4v) is 2.30. The van der Waals surface area contributed by atoms with Gasteiger partial charge in [-0.25, -0.2) is 9.97 Å². The highest BCUT2D eigenvalue weighted by Crippen LogP contribution is 2.39. The number of nitrogens with zero attached hydrogens (tertiary/aromatic N) is 3. The molecule has 1 aromatic rings. The van der Waals surface area contributed by atoms with E-state index >= 15 is 0 Å². The van der Waals surface area contributed by atoms with Crippen molar-refractivity contribution < 1.29 is 0 Å². The standard InChI is InChI=1S/C14H24N4/c1-9(2)8-18(5)14-10(3)12(15-4)16-13(17-14)11-6-7-11/h9,11H,6-8H2,1-5H3,(H,15,16,17). The van der Waals surface area contributed by atoms with E-state index in [-0.39, 0.29) is 0 Å². The topological polar surface area (TPSA) is 41.1 Å². The molecule has 1 fully saturated rings. The molecule has 1 heterocycles. The first-order valence-corrected chi connectivity index (χ1v) is 6.80. The Kier molecular flexibility index (Phi) is 3.73. The largest absolute Gasteiger partial charge is 0.373 e. The number of nitrogens with one attached hydrogen (secondary N) is 1. The lowest BCUT2D eigenvalue weighted by molar-refractivity contribution is 0.632. The van der Waals surface area contributed by atoms with E-state index in [9.17, 15) is 0 Å². The van der Waals surface area contributed by atoms with Crippen LogP contribution < -0.4 is 10.2 Å². The minimum Gasteiger partial charge on any atom is -0.373 e. The summed E-state index contributed by atoms with van der Waals surface area (Å²) in [5, 5.41) is 3.19. The minimum atomic E-state index is 0.587. The van der Waals surface area contributed by atoms with Gasteiger partial charge in [-0.3, -0.25) is 0 Å². The first-order chi connectivity index (χ1) is 8.52. The molecule has 18 heavy (non-hydrogen) atoms. The summed E-state index contributed by atoms with van der Waals surface area (Å²) >= 11 is 0. The van der Waals surface area contributed by atoms with E-state index in [2.05, 4.69) is 43.0 Å². The Morgan fingerprint density at radius 2 is 2.00 bits per heavy atom. The molecule has 1 aliphatic carbocycles. The van der Waals surface area contributed by atoms with Crippen molar-refractivity contribution in [1.29, 1.82) is 0 Å². The van der Waals surface area contributed by atoms with Gasteiger partial charge in [-0.1, -0.05) is 13.8 Å². The molecule has 0 spiro atoms. The molecule has 2 rings (SSSR count). The number of aromatic nitrogens is 2. The summed E-state index contributed by atoms with van der Waals surface area (Å²) in [5.74, 6) is 4.27. The van der Waals surface area contributed by atoms with Gasteiger partial charge in [-0.15, -0.1) is 0 Å². The van der Waals surface area contributed by atoms with Gasteiger partial charge < -0.3 is 10.2 Å². The van der Waals surface area contributed by atoms with Gasteiger partial charge in [0.2, 0.25) is 0 Å². The Morgan fingerprint density at radius 3 is 2.50 bits per heavy atom. The van der Waals surface area contributed by atoms with Crippen LogP contribution in [0.5, 0.6) is 0 Å². The van der Waals surface area contributed by atoms with Crippen LogP contribution in [0.3, 0.4) is 0 Å². The van der Waals surface area contributed by atoms with Crippen LogP contribution in [0.15, 0.2) is 0 Å². The molecule has 0 atom stereocenters. The van der Waals surface area contributed by atoms with E-state index in [0.29, 0.717) is 11.8 Å². The van der Waals surface area contributed by atoms with E-state index in [1.165, 1.54) is 12.8 Å². The molecule has 0 radical (unpaired) electrons. The van der Waals surface area contributed by atoms with Crippen molar-refractivity contribution in [3.8, 4) is 0 Å². The molecule has 0 aromatic carbocycles. The molecule has 0 aliphatic heterocycles. The van der Waals surface area contributed by atoms with Crippen molar-refractivity contribution in [3.05, 3.63) is 11.4 Å². The molecule has 1 saturated carbocycles. The van der Waals surface area contributed by atoms with E-state index in [0.717, 1.165) is 29.6 Å². The van der Waals surface area contributed by atoms with Crippen LogP contribution in [0.1, 0.15) is 44.0 Å². The number of hydrogen-bond donors (Lipinski definition) is 1. The molecule has 0 bridgehead atoms. The molecule has 0 unspecified atom stereocenters. The minimum absolute atomic E-state index is 0.587. The molecule has 4 heteroatoms. The van der Waals surface area contributed by atoms with Gasteiger partial charge in [0.25, 0.3) is 0 Å². The van der Waals surface area contributed by atoms with Crippen LogP contribution >= 0.6 is 0 Å². The van der Waals surface area contributed by atoms with Gasteiger partial charge in [0.15, 0.2) is 0 Å². The maximum atomic E-state index is 4.77. The Balaban J connectivity index is 2.34. The smallest absolute Gasteiger partial charge is 0.137 e. The molecule has 0 amide bonds. The predicted molar refractivity (Wildman–Crippen MR) is 76.4 cm³/mol. The maximum Gasteiger partial charge on any atom is 0.137 e. The number of hydrogen-bond acceptors (Lipinski definition) is 4. The number of rotatable bonds is 5. The SMILES string of the molecule is CNc1nc(C2CC2)nc(N(C)CC(C)C)c1C. The Morgan fingerprint density at radius 1 is 1.33 bits per heavy atom. The Bertz CT molecular complexity index is 424. The van der Waals surface area contributed by atoms with Crippen molar-refractivity contribution in [3.63, 3.8) is 0 Å². The van der Waals surface area contributed by atoms with Gasteiger partial charge in [0.1, 0.15) is 17.5 Å². The second-order valence-electron chi connectivity index (χ2n) is 5.68. The van der Waals surface area contributed by atoms with Crippen LogP contribution in [0.25, 0.3) is 0 Å². The zero-order valence-electron chi connectivity index (χ0n) is 12.1. The average molecular weight is 248 g/mol. The van der Waals surface area contributed by atoms with Crippen molar-refractivity contribution in [2.45, 2.75) is 39.5 Å². The van der Waals surface area contributed by atoms with E-state index in [1.807, 2.05) is 7.05 Å². The predicted octanol–water partition coefficient (Wildman–Crippen LogP) is 2.80. The van der Waals surface area contributed by atoms with Gasteiger partial charge in [-0.05, 0) is 25.7 Å². The molecule has 1 aromatic heterocycles.